The SMILES string of the molecule is CCCC(n1cc[n+](C)c1)P(c1ccccc1)c1ccccc1.[Br-]. The molecular formula is C20H24BrN2P. The number of hydrogen-bond acceptors (Lipinski definition) is 0. The van der Waals surface area contributed by atoms with Gasteiger partial charge in [-0.05, 0) is 17.0 Å². The van der Waals surface area contributed by atoms with Gasteiger partial charge in [0.25, 0.3) is 0 Å². The number of aromatic nitrogens is 2. The first-order chi connectivity index (χ1) is 11.3. The van der Waals surface area contributed by atoms with Crippen LogP contribution in [0, 0.1) is 0 Å². The van der Waals surface area contributed by atoms with Crippen molar-refractivity contribution >= 4 is 18.5 Å². The fourth-order valence-electron chi connectivity index (χ4n) is 2.99. The van der Waals surface area contributed by atoms with E-state index in [1.165, 1.54) is 23.5 Å². The zero-order valence-electron chi connectivity index (χ0n) is 14.2. The van der Waals surface area contributed by atoms with Crippen LogP contribution in [-0.4, -0.2) is 4.57 Å². The van der Waals surface area contributed by atoms with Crippen molar-refractivity contribution in [3.63, 3.8) is 0 Å². The fraction of sp³-hybridized carbons (Fsp3) is 0.250. The van der Waals surface area contributed by atoms with Gasteiger partial charge in [0.2, 0.25) is 6.33 Å². The Labute approximate surface area is 156 Å². The lowest BCUT2D eigenvalue weighted by Gasteiger charge is -2.26. The van der Waals surface area contributed by atoms with Crippen molar-refractivity contribution in [1.29, 1.82) is 0 Å². The third-order valence-corrected chi connectivity index (χ3v) is 6.88. The molecule has 0 fully saturated rings. The van der Waals surface area contributed by atoms with Gasteiger partial charge in [-0.3, -0.25) is 0 Å². The number of imidazole rings is 1. The minimum Gasteiger partial charge on any atom is -1.00 e. The van der Waals surface area contributed by atoms with E-state index < -0.39 is 7.92 Å². The Morgan fingerprint density at radius 1 is 0.958 bits per heavy atom. The van der Waals surface area contributed by atoms with E-state index in [0.717, 1.165) is 0 Å². The van der Waals surface area contributed by atoms with E-state index >= 15 is 0 Å². The van der Waals surface area contributed by atoms with Crippen molar-refractivity contribution in [3.05, 3.63) is 79.4 Å². The summed E-state index contributed by atoms with van der Waals surface area (Å²) in [6.45, 7) is 2.28. The molecule has 0 aliphatic heterocycles. The lowest BCUT2D eigenvalue weighted by atomic mass is 10.3. The van der Waals surface area contributed by atoms with E-state index in [1.54, 1.807) is 0 Å². The van der Waals surface area contributed by atoms with E-state index in [-0.39, 0.29) is 17.0 Å². The first-order valence-electron chi connectivity index (χ1n) is 8.21. The highest BCUT2D eigenvalue weighted by Crippen LogP contribution is 2.48. The van der Waals surface area contributed by atoms with Crippen molar-refractivity contribution in [2.24, 2.45) is 7.05 Å². The van der Waals surface area contributed by atoms with Gasteiger partial charge in [-0.2, -0.15) is 0 Å². The Bertz CT molecular complexity index is 688. The van der Waals surface area contributed by atoms with Crippen LogP contribution in [0.2, 0.25) is 0 Å². The monoisotopic (exact) mass is 402 g/mol. The molecule has 2 aromatic carbocycles. The molecule has 1 atom stereocenters. The van der Waals surface area contributed by atoms with Gasteiger partial charge < -0.3 is 17.0 Å². The number of nitrogens with zero attached hydrogens (tertiary/aromatic N) is 2. The average molecular weight is 403 g/mol. The van der Waals surface area contributed by atoms with Crippen molar-refractivity contribution in [3.8, 4) is 0 Å². The first kappa shape index (κ1) is 18.9. The van der Waals surface area contributed by atoms with E-state index in [2.05, 4.69) is 102 Å². The van der Waals surface area contributed by atoms with E-state index in [0.29, 0.717) is 5.78 Å². The van der Waals surface area contributed by atoms with Crippen LogP contribution in [0.5, 0.6) is 0 Å². The zero-order valence-corrected chi connectivity index (χ0v) is 16.7. The Hall–Kier alpha value is -1.44. The van der Waals surface area contributed by atoms with Crippen LogP contribution >= 0.6 is 7.92 Å². The standard InChI is InChI=1S/C20H24N2P.BrH/c1-3-10-20(22-16-15-21(2)17-22)23(18-11-6-4-7-12-18)19-13-8-5-9-14-19;/h4-9,11-17,20H,3,10H2,1-2H3;1H/q+1;/p-1. The quantitative estimate of drug-likeness (QED) is 0.425. The van der Waals surface area contributed by atoms with Gasteiger partial charge in [-0.15, -0.1) is 0 Å². The molecule has 2 nitrogen and oxygen atoms in total. The van der Waals surface area contributed by atoms with Crippen molar-refractivity contribution < 1.29 is 21.5 Å². The van der Waals surface area contributed by atoms with Gasteiger partial charge in [0.1, 0.15) is 18.2 Å². The second-order valence-electron chi connectivity index (χ2n) is 5.84. The van der Waals surface area contributed by atoms with Crippen LogP contribution in [0.1, 0.15) is 25.5 Å². The second-order valence-corrected chi connectivity index (χ2v) is 8.21. The van der Waals surface area contributed by atoms with Crippen LogP contribution < -0.4 is 32.2 Å². The predicted molar refractivity (Wildman–Crippen MR) is 98.6 cm³/mol. The third kappa shape index (κ3) is 4.34. The Kier molecular flexibility index (Phi) is 7.20. The van der Waals surface area contributed by atoms with Gasteiger partial charge >= 0.3 is 0 Å². The lowest BCUT2D eigenvalue weighted by Crippen LogP contribution is -3.00. The summed E-state index contributed by atoms with van der Waals surface area (Å²) in [6.07, 6.45) is 8.92. The largest absolute Gasteiger partial charge is 1.00 e. The summed E-state index contributed by atoms with van der Waals surface area (Å²) in [5.41, 5.74) is 0. The summed E-state index contributed by atoms with van der Waals surface area (Å²) in [5.74, 6) is 0.487. The Balaban J connectivity index is 0.00000208. The van der Waals surface area contributed by atoms with Crippen LogP contribution in [0.25, 0.3) is 0 Å². The van der Waals surface area contributed by atoms with Crippen LogP contribution in [0.4, 0.5) is 0 Å². The highest BCUT2D eigenvalue weighted by atomic mass is 79.9. The Morgan fingerprint density at radius 3 is 1.92 bits per heavy atom. The molecule has 0 bridgehead atoms. The fourth-order valence-corrected chi connectivity index (χ4v) is 5.88. The highest BCUT2D eigenvalue weighted by Gasteiger charge is 2.29. The molecule has 0 aliphatic carbocycles. The van der Waals surface area contributed by atoms with Gasteiger partial charge in [0.05, 0.1) is 7.05 Å². The van der Waals surface area contributed by atoms with Gasteiger partial charge in [0.15, 0.2) is 0 Å². The molecule has 24 heavy (non-hydrogen) atoms. The summed E-state index contributed by atoms with van der Waals surface area (Å²) in [4.78, 5) is 0. The molecule has 0 spiro atoms. The molecule has 0 saturated carbocycles. The molecule has 3 rings (SSSR count). The molecule has 1 unspecified atom stereocenters. The van der Waals surface area contributed by atoms with Crippen molar-refractivity contribution in [2.45, 2.75) is 25.5 Å². The van der Waals surface area contributed by atoms with Gasteiger partial charge in [-0.25, -0.2) is 9.13 Å². The molecule has 0 amide bonds. The van der Waals surface area contributed by atoms with E-state index in [9.17, 15) is 0 Å². The minimum absolute atomic E-state index is 0. The smallest absolute Gasteiger partial charge is 0.244 e. The molecule has 1 aromatic heterocycles. The Morgan fingerprint density at radius 2 is 1.50 bits per heavy atom. The number of aryl methyl sites for hydroxylation is 1. The molecule has 126 valence electrons. The maximum absolute atomic E-state index is 2.40. The number of rotatable bonds is 6. The molecule has 0 saturated heterocycles. The normalized spacial score (nSPS) is 12.0. The van der Waals surface area contributed by atoms with E-state index in [4.69, 9.17) is 0 Å². The molecule has 4 heteroatoms. The summed E-state index contributed by atoms with van der Waals surface area (Å²) >= 11 is 0. The molecule has 0 aliphatic rings. The van der Waals surface area contributed by atoms with Crippen LogP contribution in [-0.2, 0) is 7.05 Å². The van der Waals surface area contributed by atoms with E-state index in [1.807, 2.05) is 0 Å². The third-order valence-electron chi connectivity index (χ3n) is 4.05. The molecule has 0 radical (unpaired) electrons. The topological polar surface area (TPSA) is 8.81 Å². The summed E-state index contributed by atoms with van der Waals surface area (Å²) < 4.78 is 4.53. The number of hydrogen-bond donors (Lipinski definition) is 0. The maximum atomic E-state index is 2.40. The molecular weight excluding hydrogens is 379 g/mol. The van der Waals surface area contributed by atoms with Crippen molar-refractivity contribution in [1.82, 2.24) is 4.57 Å². The van der Waals surface area contributed by atoms with Crippen LogP contribution in [0.3, 0.4) is 0 Å². The van der Waals surface area contributed by atoms with Gasteiger partial charge in [-0.1, -0.05) is 74.0 Å². The zero-order chi connectivity index (χ0) is 16.1. The van der Waals surface area contributed by atoms with Gasteiger partial charge in [0, 0.05) is 7.92 Å². The average Bonchev–Trinajstić information content (AvgIpc) is 3.03. The summed E-state index contributed by atoms with van der Waals surface area (Å²) in [7, 11) is 1.66. The minimum atomic E-state index is -0.434. The molecule has 3 aromatic rings. The predicted octanol–water partition coefficient (Wildman–Crippen LogP) is 0.748. The maximum Gasteiger partial charge on any atom is 0.244 e. The second kappa shape index (κ2) is 9.15. The number of halogens is 1. The van der Waals surface area contributed by atoms with Crippen molar-refractivity contribution in [2.75, 3.05) is 0 Å². The number of benzene rings is 2. The lowest BCUT2D eigenvalue weighted by molar-refractivity contribution is -0.671. The molecule has 1 heterocycles. The summed E-state index contributed by atoms with van der Waals surface area (Å²) in [6, 6.07) is 22.0. The van der Waals surface area contributed by atoms with Crippen LogP contribution in [0.15, 0.2) is 79.4 Å². The summed E-state index contributed by atoms with van der Waals surface area (Å²) in [5, 5.41) is 2.90. The first-order valence-corrected chi connectivity index (χ1v) is 9.62. The highest BCUT2D eigenvalue weighted by molar-refractivity contribution is 7.73. The molecule has 0 N–H and O–H groups in total.